The predicted molar refractivity (Wildman–Crippen MR) is 84.2 cm³/mol. The van der Waals surface area contributed by atoms with Crippen molar-refractivity contribution in [3.63, 3.8) is 0 Å². The van der Waals surface area contributed by atoms with Gasteiger partial charge in [-0.15, -0.1) is 0 Å². The maximum Gasteiger partial charge on any atom is 0.316 e. The molecule has 0 saturated carbocycles. The molecule has 0 aliphatic heterocycles. The van der Waals surface area contributed by atoms with E-state index in [0.717, 1.165) is 5.56 Å². The first-order valence-corrected chi connectivity index (χ1v) is 6.44. The zero-order valence-corrected chi connectivity index (χ0v) is 12.2. The Bertz CT molecular complexity index is 733. The number of methoxy groups -OCH3 is 1. The van der Waals surface area contributed by atoms with Crippen LogP contribution in [0.4, 0.5) is 16.2 Å². The minimum Gasteiger partial charge on any atom is -0.494 e. The topological polar surface area (TPSA) is 120 Å². The zero-order chi connectivity index (χ0) is 16.3. The van der Waals surface area contributed by atoms with E-state index < -0.39 is 6.03 Å². The number of ketones is 1. The summed E-state index contributed by atoms with van der Waals surface area (Å²) in [6, 6.07) is 2.65. The number of urea groups is 1. The van der Waals surface area contributed by atoms with Gasteiger partial charge in [0.05, 0.1) is 18.5 Å². The number of amides is 2. The number of nitrogens with zero attached hydrogens (tertiary/aromatic N) is 1. The Morgan fingerprint density at radius 3 is 2.68 bits per heavy atom. The van der Waals surface area contributed by atoms with Gasteiger partial charge in [0, 0.05) is 11.8 Å². The first-order valence-electron chi connectivity index (χ1n) is 6.44. The van der Waals surface area contributed by atoms with E-state index >= 15 is 0 Å². The lowest BCUT2D eigenvalue weighted by Gasteiger charge is -2.11. The van der Waals surface area contributed by atoms with Crippen LogP contribution in [-0.4, -0.2) is 24.6 Å². The van der Waals surface area contributed by atoms with Gasteiger partial charge in [0.25, 0.3) is 0 Å². The van der Waals surface area contributed by atoms with Gasteiger partial charge in [0.1, 0.15) is 11.4 Å². The second kappa shape index (κ2) is 6.13. The maximum absolute atomic E-state index is 11.6. The van der Waals surface area contributed by atoms with Crippen molar-refractivity contribution in [3.8, 4) is 5.75 Å². The van der Waals surface area contributed by atoms with Gasteiger partial charge in [-0.1, -0.05) is 0 Å². The van der Waals surface area contributed by atoms with Crippen LogP contribution in [0.25, 0.3) is 0 Å². The minimum atomic E-state index is -0.810. The van der Waals surface area contributed by atoms with Crippen molar-refractivity contribution in [2.75, 3.05) is 12.8 Å². The van der Waals surface area contributed by atoms with Crippen molar-refractivity contribution < 1.29 is 14.3 Å². The summed E-state index contributed by atoms with van der Waals surface area (Å²) in [5.74, 6) is 0.164. The Morgan fingerprint density at radius 1 is 1.32 bits per heavy atom. The van der Waals surface area contributed by atoms with Gasteiger partial charge >= 0.3 is 6.03 Å². The number of hydrogen-bond acceptors (Lipinski definition) is 5. The zero-order valence-electron chi connectivity index (χ0n) is 12.2. The molecule has 2 rings (SSSR count). The van der Waals surface area contributed by atoms with E-state index in [2.05, 4.69) is 10.3 Å². The normalized spacial score (nSPS) is 15.6. The molecule has 0 radical (unpaired) electrons. The molecule has 1 aromatic rings. The van der Waals surface area contributed by atoms with Crippen molar-refractivity contribution in [2.45, 2.75) is 6.92 Å². The summed E-state index contributed by atoms with van der Waals surface area (Å²) in [6.45, 7) is 1.86. The Labute approximate surface area is 127 Å². The van der Waals surface area contributed by atoms with Crippen LogP contribution in [0.3, 0.4) is 0 Å². The van der Waals surface area contributed by atoms with E-state index in [-0.39, 0.29) is 11.5 Å². The molecule has 5 N–H and O–H groups in total. The van der Waals surface area contributed by atoms with E-state index in [4.69, 9.17) is 16.2 Å². The number of anilines is 1. The van der Waals surface area contributed by atoms with E-state index in [1.807, 2.05) is 6.92 Å². The molecule has 0 bridgehead atoms. The Kier molecular flexibility index (Phi) is 4.26. The van der Waals surface area contributed by atoms with Gasteiger partial charge in [-0.3, -0.25) is 4.79 Å². The smallest absolute Gasteiger partial charge is 0.316 e. The van der Waals surface area contributed by atoms with Crippen molar-refractivity contribution in [2.24, 2.45) is 10.7 Å². The molecule has 7 nitrogen and oxygen atoms in total. The molecule has 7 heteroatoms. The van der Waals surface area contributed by atoms with Crippen molar-refractivity contribution >= 4 is 28.9 Å². The van der Waals surface area contributed by atoms with Gasteiger partial charge in [-0.25, -0.2) is 9.79 Å². The number of ether oxygens (including phenoxy) is 1. The second-order valence-corrected chi connectivity index (χ2v) is 4.66. The van der Waals surface area contributed by atoms with E-state index in [1.54, 1.807) is 18.2 Å². The monoisotopic (exact) mass is 300 g/mol. The number of carbonyl (C=O) groups excluding carboxylic acids is 2. The summed E-state index contributed by atoms with van der Waals surface area (Å²) in [6.07, 6.45) is 4.29. The number of nitrogen functional groups attached to an aromatic ring is 1. The number of primary amides is 1. The van der Waals surface area contributed by atoms with Crippen LogP contribution in [0.15, 0.2) is 41.1 Å². The summed E-state index contributed by atoms with van der Waals surface area (Å²) in [7, 11) is 1.52. The summed E-state index contributed by atoms with van der Waals surface area (Å²) in [4.78, 5) is 26.9. The number of aliphatic imine (C=N–C) groups is 1. The highest BCUT2D eigenvalue weighted by atomic mass is 16.5. The molecule has 0 unspecified atom stereocenters. The highest BCUT2D eigenvalue weighted by Crippen LogP contribution is 2.32. The number of aryl methyl sites for hydroxylation is 1. The molecular formula is C15H16N4O3. The number of benzene rings is 1. The first-order chi connectivity index (χ1) is 10.4. The van der Waals surface area contributed by atoms with Gasteiger partial charge in [-0.05, 0) is 36.8 Å². The predicted octanol–water partition coefficient (Wildman–Crippen LogP) is 1.35. The molecule has 22 heavy (non-hydrogen) atoms. The molecule has 0 fully saturated rings. The average Bonchev–Trinajstić information content (AvgIpc) is 2.45. The molecule has 0 saturated heterocycles. The molecule has 1 aromatic carbocycles. The lowest BCUT2D eigenvalue weighted by Crippen LogP contribution is -2.32. The third-order valence-corrected chi connectivity index (χ3v) is 3.04. The Morgan fingerprint density at radius 2 is 2.05 bits per heavy atom. The van der Waals surface area contributed by atoms with Crippen molar-refractivity contribution in [3.05, 3.63) is 41.6 Å². The van der Waals surface area contributed by atoms with E-state index in [1.165, 1.54) is 19.3 Å². The molecular weight excluding hydrogens is 284 g/mol. The number of hydrogen-bond donors (Lipinski definition) is 3. The standard InChI is InChI=1S/C15H16N4O3/c1-8-5-12(14(22-2)7-10(8)16)18-9-3-4-13(20)11(6-9)19-15(17)21/h3-7H,16H2,1-2H3,(H3,17,19,21). The highest BCUT2D eigenvalue weighted by molar-refractivity contribution is 6.20. The SMILES string of the molecule is COc1cc(N)c(C)cc1N=C1C=CC(=O)C(NC(N)=O)=C1. The van der Waals surface area contributed by atoms with E-state index in [9.17, 15) is 9.59 Å². The molecule has 0 spiro atoms. The quantitative estimate of drug-likeness (QED) is 0.576. The van der Waals surface area contributed by atoms with Crippen LogP contribution in [0, 0.1) is 6.92 Å². The minimum absolute atomic E-state index is 0.0693. The van der Waals surface area contributed by atoms with Crippen molar-refractivity contribution in [1.29, 1.82) is 0 Å². The molecule has 2 amide bonds. The van der Waals surface area contributed by atoms with Crippen LogP contribution >= 0.6 is 0 Å². The summed E-state index contributed by atoms with van der Waals surface area (Å²) < 4.78 is 5.25. The number of allylic oxidation sites excluding steroid dienone is 3. The van der Waals surface area contributed by atoms with Crippen LogP contribution in [0.1, 0.15) is 5.56 Å². The van der Waals surface area contributed by atoms with Crippen LogP contribution in [0.5, 0.6) is 5.75 Å². The van der Waals surface area contributed by atoms with Crippen LogP contribution < -0.4 is 21.5 Å². The third kappa shape index (κ3) is 3.32. The second-order valence-electron chi connectivity index (χ2n) is 4.66. The van der Waals surface area contributed by atoms with Crippen LogP contribution in [0.2, 0.25) is 0 Å². The van der Waals surface area contributed by atoms with Crippen molar-refractivity contribution in [1.82, 2.24) is 5.32 Å². The maximum atomic E-state index is 11.6. The Balaban J connectivity index is 2.43. The first kappa shape index (κ1) is 15.3. The number of nitrogens with two attached hydrogens (primary N) is 2. The number of carbonyl (C=O) groups is 2. The largest absolute Gasteiger partial charge is 0.494 e. The van der Waals surface area contributed by atoms with Gasteiger partial charge in [-0.2, -0.15) is 0 Å². The molecule has 0 heterocycles. The molecule has 0 aromatic heterocycles. The number of nitrogens with one attached hydrogen (secondary N) is 1. The van der Waals surface area contributed by atoms with Gasteiger partial charge in [0.2, 0.25) is 5.78 Å². The fourth-order valence-corrected chi connectivity index (χ4v) is 1.90. The van der Waals surface area contributed by atoms with E-state index in [0.29, 0.717) is 22.8 Å². The fourth-order valence-electron chi connectivity index (χ4n) is 1.90. The van der Waals surface area contributed by atoms with Gasteiger partial charge < -0.3 is 21.5 Å². The number of rotatable bonds is 3. The fraction of sp³-hybridized carbons (Fsp3) is 0.133. The lowest BCUT2D eigenvalue weighted by molar-refractivity contribution is -0.111. The summed E-state index contributed by atoms with van der Waals surface area (Å²) in [5, 5.41) is 2.26. The molecule has 1 aliphatic rings. The van der Waals surface area contributed by atoms with Crippen LogP contribution in [-0.2, 0) is 4.79 Å². The van der Waals surface area contributed by atoms with Gasteiger partial charge in [0.15, 0.2) is 0 Å². The molecule has 1 aliphatic carbocycles. The summed E-state index contributed by atoms with van der Waals surface area (Å²) in [5.41, 5.74) is 13.4. The lowest BCUT2D eigenvalue weighted by atomic mass is 10.1. The Hall–Kier alpha value is -3.09. The average molecular weight is 300 g/mol. The third-order valence-electron chi connectivity index (χ3n) is 3.04. The molecule has 114 valence electrons. The highest BCUT2D eigenvalue weighted by Gasteiger charge is 2.14. The molecule has 0 atom stereocenters. The summed E-state index contributed by atoms with van der Waals surface area (Å²) >= 11 is 0.